The van der Waals surface area contributed by atoms with Gasteiger partial charge in [-0.2, -0.15) is 0 Å². The van der Waals surface area contributed by atoms with Gasteiger partial charge in [0.15, 0.2) is 0 Å². The van der Waals surface area contributed by atoms with Gasteiger partial charge in [-0.1, -0.05) is 19.9 Å². The van der Waals surface area contributed by atoms with Crippen LogP contribution >= 0.6 is 0 Å². The van der Waals surface area contributed by atoms with E-state index in [0.717, 1.165) is 11.3 Å². The second-order valence-electron chi connectivity index (χ2n) is 4.10. The van der Waals surface area contributed by atoms with Crippen LogP contribution in [0.25, 0.3) is 5.65 Å². The Labute approximate surface area is 93.5 Å². The number of imidazole rings is 1. The first kappa shape index (κ1) is 10.7. The summed E-state index contributed by atoms with van der Waals surface area (Å²) < 4.78 is 1.96. The normalized spacial score (nSPS) is 11.2. The third-order valence-corrected chi connectivity index (χ3v) is 2.51. The van der Waals surface area contributed by atoms with Crippen LogP contribution in [0.3, 0.4) is 0 Å². The van der Waals surface area contributed by atoms with E-state index >= 15 is 0 Å². The molecule has 0 bridgehead atoms. The average Bonchev–Trinajstić information content (AvgIpc) is 2.53. The molecule has 0 fully saturated rings. The molecule has 1 N–H and O–H groups in total. The van der Waals surface area contributed by atoms with Crippen LogP contribution in [0.2, 0.25) is 0 Å². The molecule has 16 heavy (non-hydrogen) atoms. The van der Waals surface area contributed by atoms with Crippen LogP contribution in [-0.2, 0) is 11.2 Å². The molecule has 0 amide bonds. The fourth-order valence-corrected chi connectivity index (χ4v) is 1.95. The van der Waals surface area contributed by atoms with Crippen LogP contribution in [0.1, 0.15) is 31.2 Å². The van der Waals surface area contributed by atoms with E-state index in [9.17, 15) is 4.79 Å². The number of hydrogen-bond donors (Lipinski definition) is 1. The molecule has 2 aromatic rings. The molecule has 2 aromatic heterocycles. The van der Waals surface area contributed by atoms with Crippen molar-refractivity contribution in [2.75, 3.05) is 0 Å². The van der Waals surface area contributed by atoms with Gasteiger partial charge in [0.25, 0.3) is 0 Å². The van der Waals surface area contributed by atoms with Crippen molar-refractivity contribution in [3.63, 3.8) is 0 Å². The molecule has 0 atom stereocenters. The Morgan fingerprint density at radius 1 is 1.50 bits per heavy atom. The molecule has 2 rings (SSSR count). The molecule has 0 saturated heterocycles. The maximum absolute atomic E-state index is 10.8. The maximum Gasteiger partial charge on any atom is 0.309 e. The number of hydrogen-bond acceptors (Lipinski definition) is 2. The lowest BCUT2D eigenvalue weighted by molar-refractivity contribution is -0.136. The summed E-state index contributed by atoms with van der Waals surface area (Å²) >= 11 is 0. The summed E-state index contributed by atoms with van der Waals surface area (Å²) in [6.45, 7) is 4.09. The number of carboxylic acids is 1. The minimum atomic E-state index is -0.842. The van der Waals surface area contributed by atoms with Crippen LogP contribution in [0.15, 0.2) is 24.4 Å². The summed E-state index contributed by atoms with van der Waals surface area (Å²) in [6, 6.07) is 5.71. The summed E-state index contributed by atoms with van der Waals surface area (Å²) in [5.74, 6) is -0.586. The van der Waals surface area contributed by atoms with Crippen molar-refractivity contribution in [3.05, 3.63) is 35.8 Å². The van der Waals surface area contributed by atoms with Crippen molar-refractivity contribution in [2.24, 2.45) is 0 Å². The van der Waals surface area contributed by atoms with Crippen molar-refractivity contribution in [3.8, 4) is 0 Å². The molecular formula is C12H14N2O2. The molecule has 4 heteroatoms. The predicted molar refractivity (Wildman–Crippen MR) is 60.6 cm³/mol. The number of rotatable bonds is 3. The number of aromatic nitrogens is 2. The van der Waals surface area contributed by atoms with Crippen LogP contribution in [0.4, 0.5) is 0 Å². The fraction of sp³-hybridized carbons (Fsp3) is 0.333. The van der Waals surface area contributed by atoms with Crippen molar-refractivity contribution >= 4 is 11.6 Å². The zero-order valence-corrected chi connectivity index (χ0v) is 9.34. The maximum atomic E-state index is 10.8. The largest absolute Gasteiger partial charge is 0.481 e. The Balaban J connectivity index is 2.63. The molecule has 0 aliphatic rings. The number of fused-ring (bicyclic) bond motifs is 1. The second kappa shape index (κ2) is 3.96. The molecule has 0 radical (unpaired) electrons. The van der Waals surface area contributed by atoms with Crippen molar-refractivity contribution in [1.29, 1.82) is 0 Å². The Bertz CT molecular complexity index is 529. The van der Waals surface area contributed by atoms with Crippen LogP contribution in [0, 0.1) is 0 Å². The SMILES string of the molecule is CC(C)c1c(CC(=O)O)nc2ccccn12. The third-order valence-electron chi connectivity index (χ3n) is 2.51. The molecule has 0 saturated carbocycles. The zero-order valence-electron chi connectivity index (χ0n) is 9.34. The molecule has 0 spiro atoms. The topological polar surface area (TPSA) is 54.6 Å². The molecule has 0 aliphatic carbocycles. The van der Waals surface area contributed by atoms with Gasteiger partial charge in [-0.25, -0.2) is 4.98 Å². The van der Waals surface area contributed by atoms with E-state index in [2.05, 4.69) is 4.98 Å². The van der Waals surface area contributed by atoms with E-state index < -0.39 is 5.97 Å². The lowest BCUT2D eigenvalue weighted by atomic mass is 10.1. The number of carbonyl (C=O) groups is 1. The molecule has 2 heterocycles. The van der Waals surface area contributed by atoms with Gasteiger partial charge in [0.1, 0.15) is 5.65 Å². The lowest BCUT2D eigenvalue weighted by Crippen LogP contribution is -2.05. The number of aliphatic carboxylic acids is 1. The van der Waals surface area contributed by atoms with Gasteiger partial charge in [0.05, 0.1) is 12.1 Å². The van der Waals surface area contributed by atoms with Gasteiger partial charge in [-0.3, -0.25) is 4.79 Å². The van der Waals surface area contributed by atoms with Gasteiger partial charge >= 0.3 is 5.97 Å². The summed E-state index contributed by atoms with van der Waals surface area (Å²) in [7, 11) is 0. The van der Waals surface area contributed by atoms with E-state index in [0.29, 0.717) is 5.69 Å². The van der Waals surface area contributed by atoms with Crippen LogP contribution in [0.5, 0.6) is 0 Å². The molecule has 84 valence electrons. The van der Waals surface area contributed by atoms with Crippen molar-refractivity contribution in [2.45, 2.75) is 26.2 Å². The average molecular weight is 218 g/mol. The van der Waals surface area contributed by atoms with E-state index in [4.69, 9.17) is 5.11 Å². The van der Waals surface area contributed by atoms with Gasteiger partial charge in [0, 0.05) is 11.9 Å². The molecule has 4 nitrogen and oxygen atoms in total. The van der Waals surface area contributed by atoms with Gasteiger partial charge < -0.3 is 9.51 Å². The Morgan fingerprint density at radius 2 is 2.25 bits per heavy atom. The summed E-state index contributed by atoms with van der Waals surface area (Å²) in [5.41, 5.74) is 2.45. The van der Waals surface area contributed by atoms with E-state index in [1.807, 2.05) is 42.6 Å². The highest BCUT2D eigenvalue weighted by Gasteiger charge is 2.16. The highest BCUT2D eigenvalue weighted by Crippen LogP contribution is 2.21. The predicted octanol–water partition coefficient (Wildman–Crippen LogP) is 2.08. The Hall–Kier alpha value is -1.84. The van der Waals surface area contributed by atoms with Crippen LogP contribution in [-0.4, -0.2) is 20.5 Å². The summed E-state index contributed by atoms with van der Waals surface area (Å²) in [5, 5.41) is 8.85. The number of nitrogens with zero attached hydrogens (tertiary/aromatic N) is 2. The first-order valence-corrected chi connectivity index (χ1v) is 5.27. The second-order valence-corrected chi connectivity index (χ2v) is 4.10. The Kier molecular flexibility index (Phi) is 2.64. The van der Waals surface area contributed by atoms with Gasteiger partial charge in [0.2, 0.25) is 0 Å². The Morgan fingerprint density at radius 3 is 2.88 bits per heavy atom. The highest BCUT2D eigenvalue weighted by atomic mass is 16.4. The smallest absolute Gasteiger partial charge is 0.309 e. The molecule has 0 aliphatic heterocycles. The van der Waals surface area contributed by atoms with Crippen molar-refractivity contribution in [1.82, 2.24) is 9.38 Å². The number of pyridine rings is 1. The van der Waals surface area contributed by atoms with Gasteiger partial charge in [-0.05, 0) is 18.1 Å². The quantitative estimate of drug-likeness (QED) is 0.858. The molecule has 0 unspecified atom stereocenters. The summed E-state index contributed by atoms with van der Waals surface area (Å²) in [4.78, 5) is 15.1. The van der Waals surface area contributed by atoms with Crippen molar-refractivity contribution < 1.29 is 9.90 Å². The fourth-order valence-electron chi connectivity index (χ4n) is 1.95. The third kappa shape index (κ3) is 1.78. The minimum absolute atomic E-state index is 0.0187. The first-order chi connectivity index (χ1) is 7.59. The van der Waals surface area contributed by atoms with E-state index in [1.54, 1.807) is 0 Å². The summed E-state index contributed by atoms with van der Waals surface area (Å²) in [6.07, 6.45) is 1.90. The molecular weight excluding hydrogens is 204 g/mol. The lowest BCUT2D eigenvalue weighted by Gasteiger charge is -2.06. The number of carboxylic acid groups (broad SMARTS) is 1. The standard InChI is InChI=1S/C12H14N2O2/c1-8(2)12-9(7-11(15)16)13-10-5-3-4-6-14(10)12/h3-6,8H,7H2,1-2H3,(H,15,16). The van der Waals surface area contributed by atoms with E-state index in [-0.39, 0.29) is 12.3 Å². The van der Waals surface area contributed by atoms with E-state index in [1.165, 1.54) is 0 Å². The first-order valence-electron chi connectivity index (χ1n) is 5.27. The monoisotopic (exact) mass is 218 g/mol. The minimum Gasteiger partial charge on any atom is -0.481 e. The molecule has 0 aromatic carbocycles. The zero-order chi connectivity index (χ0) is 11.7. The highest BCUT2D eigenvalue weighted by molar-refractivity contribution is 5.70. The van der Waals surface area contributed by atoms with Gasteiger partial charge in [-0.15, -0.1) is 0 Å². The van der Waals surface area contributed by atoms with Crippen LogP contribution < -0.4 is 0 Å².